The van der Waals surface area contributed by atoms with Crippen LogP contribution in [0.3, 0.4) is 0 Å². The van der Waals surface area contributed by atoms with E-state index in [4.69, 9.17) is 0 Å². The molecule has 0 aliphatic carbocycles. The largest absolute Gasteiger partial charge is 0.325 e. The van der Waals surface area contributed by atoms with E-state index in [1.54, 1.807) is 12.4 Å². The second kappa shape index (κ2) is 9.14. The molecule has 1 amide bonds. The Hall–Kier alpha value is -3.45. The number of hydrogen-bond donors (Lipinski definition) is 1. The predicted octanol–water partition coefficient (Wildman–Crippen LogP) is 4.97. The van der Waals surface area contributed by atoms with Crippen molar-refractivity contribution in [1.82, 2.24) is 19.7 Å². The Morgan fingerprint density at radius 1 is 1.03 bits per heavy atom. The quantitative estimate of drug-likeness (QED) is 0.438. The van der Waals surface area contributed by atoms with E-state index in [0.29, 0.717) is 11.0 Å². The van der Waals surface area contributed by atoms with Gasteiger partial charge >= 0.3 is 0 Å². The lowest BCUT2D eigenvalue weighted by Gasteiger charge is -2.18. The van der Waals surface area contributed by atoms with Crippen molar-refractivity contribution in [3.8, 4) is 11.4 Å². The summed E-state index contributed by atoms with van der Waals surface area (Å²) in [6.07, 6.45) is 3.47. The molecule has 0 radical (unpaired) electrons. The highest BCUT2D eigenvalue weighted by Crippen LogP contribution is 2.36. The molecule has 2 aromatic carbocycles. The number of aromatic nitrogens is 4. The van der Waals surface area contributed by atoms with E-state index in [0.717, 1.165) is 27.9 Å². The van der Waals surface area contributed by atoms with E-state index >= 15 is 0 Å². The third kappa shape index (κ3) is 4.67. The number of rotatable bonds is 6. The van der Waals surface area contributed by atoms with E-state index in [-0.39, 0.29) is 5.91 Å². The van der Waals surface area contributed by atoms with Gasteiger partial charge in [-0.1, -0.05) is 54.2 Å². The predicted molar refractivity (Wildman–Crippen MR) is 124 cm³/mol. The molecule has 6 nitrogen and oxygen atoms in total. The van der Waals surface area contributed by atoms with E-state index in [1.165, 1.54) is 11.8 Å². The van der Waals surface area contributed by atoms with E-state index < -0.39 is 5.25 Å². The van der Waals surface area contributed by atoms with Crippen LogP contribution in [0.2, 0.25) is 0 Å². The van der Waals surface area contributed by atoms with Crippen molar-refractivity contribution in [2.75, 3.05) is 5.32 Å². The van der Waals surface area contributed by atoms with Gasteiger partial charge in [0.15, 0.2) is 11.0 Å². The van der Waals surface area contributed by atoms with Crippen molar-refractivity contribution in [3.63, 3.8) is 0 Å². The Labute approximate surface area is 185 Å². The maximum absolute atomic E-state index is 13.4. The van der Waals surface area contributed by atoms with Gasteiger partial charge in [0.25, 0.3) is 0 Å². The van der Waals surface area contributed by atoms with Crippen molar-refractivity contribution in [1.29, 1.82) is 0 Å². The van der Waals surface area contributed by atoms with Crippen LogP contribution < -0.4 is 5.32 Å². The lowest BCUT2D eigenvalue weighted by atomic mass is 10.1. The highest BCUT2D eigenvalue weighted by molar-refractivity contribution is 8.00. The summed E-state index contributed by atoms with van der Waals surface area (Å²) < 4.78 is 1.89. The minimum Gasteiger partial charge on any atom is -0.325 e. The summed E-state index contributed by atoms with van der Waals surface area (Å²) in [6, 6.07) is 19.6. The molecule has 2 aromatic heterocycles. The van der Waals surface area contributed by atoms with Gasteiger partial charge < -0.3 is 9.88 Å². The van der Waals surface area contributed by atoms with Crippen LogP contribution in [0.1, 0.15) is 21.9 Å². The zero-order valence-electron chi connectivity index (χ0n) is 17.6. The third-order valence-corrected chi connectivity index (χ3v) is 6.26. The molecule has 0 aliphatic heterocycles. The molecule has 1 atom stereocenters. The Kier molecular flexibility index (Phi) is 6.13. The fourth-order valence-electron chi connectivity index (χ4n) is 3.24. The molecule has 156 valence electrons. The summed E-state index contributed by atoms with van der Waals surface area (Å²) in [6.45, 7) is 4.00. The number of carbonyl (C=O) groups excluding carboxylic acids is 1. The van der Waals surface area contributed by atoms with Crippen LogP contribution in [-0.2, 0) is 11.8 Å². The Balaban J connectivity index is 1.65. The summed E-state index contributed by atoms with van der Waals surface area (Å²) in [4.78, 5) is 17.5. The van der Waals surface area contributed by atoms with Crippen molar-refractivity contribution in [2.45, 2.75) is 24.3 Å². The Bertz CT molecular complexity index is 1190. The smallest absolute Gasteiger partial charge is 0.242 e. The molecule has 1 unspecified atom stereocenters. The first kappa shape index (κ1) is 20.8. The van der Waals surface area contributed by atoms with E-state index in [1.807, 2.05) is 86.1 Å². The standard InChI is InChI=1S/C24H23N5OS/c1-16-11-12-17(2)20(14-16)26-23(30)21(18-8-5-4-6-9-18)31-24-28-27-22(29(24)3)19-10-7-13-25-15-19/h4-15,21H,1-3H3,(H,26,30). The number of anilines is 1. The van der Waals surface area contributed by atoms with Crippen LogP contribution in [0.25, 0.3) is 11.4 Å². The molecular formula is C24H23N5OS. The molecule has 0 saturated heterocycles. The average Bonchev–Trinajstić information content (AvgIpc) is 3.15. The summed E-state index contributed by atoms with van der Waals surface area (Å²) in [5.41, 5.74) is 4.72. The summed E-state index contributed by atoms with van der Waals surface area (Å²) >= 11 is 1.38. The van der Waals surface area contributed by atoms with Crippen LogP contribution in [0.5, 0.6) is 0 Å². The van der Waals surface area contributed by atoms with Crippen LogP contribution in [-0.4, -0.2) is 25.7 Å². The van der Waals surface area contributed by atoms with Crippen molar-refractivity contribution in [3.05, 3.63) is 89.7 Å². The first-order valence-corrected chi connectivity index (χ1v) is 10.8. The molecule has 0 bridgehead atoms. The van der Waals surface area contributed by atoms with Crippen LogP contribution in [0.4, 0.5) is 5.69 Å². The molecular weight excluding hydrogens is 406 g/mol. The number of nitrogens with zero attached hydrogens (tertiary/aromatic N) is 4. The first-order chi connectivity index (χ1) is 15.0. The SMILES string of the molecule is Cc1ccc(C)c(NC(=O)C(Sc2nnc(-c3cccnc3)n2C)c2ccccc2)c1. The molecule has 7 heteroatoms. The van der Waals surface area contributed by atoms with E-state index in [9.17, 15) is 4.79 Å². The van der Waals surface area contributed by atoms with Crippen molar-refractivity contribution >= 4 is 23.4 Å². The molecule has 0 spiro atoms. The second-order valence-corrected chi connectivity index (χ2v) is 8.40. The summed E-state index contributed by atoms with van der Waals surface area (Å²) in [5, 5.41) is 11.9. The van der Waals surface area contributed by atoms with Crippen LogP contribution in [0, 0.1) is 13.8 Å². The molecule has 0 fully saturated rings. The Morgan fingerprint density at radius 2 is 1.84 bits per heavy atom. The monoisotopic (exact) mass is 429 g/mol. The number of nitrogens with one attached hydrogen (secondary N) is 1. The van der Waals surface area contributed by atoms with Gasteiger partial charge in [-0.2, -0.15) is 0 Å². The highest BCUT2D eigenvalue weighted by Gasteiger charge is 2.25. The van der Waals surface area contributed by atoms with Gasteiger partial charge in [-0.25, -0.2) is 0 Å². The summed E-state index contributed by atoms with van der Waals surface area (Å²) in [5.74, 6) is 0.605. The topological polar surface area (TPSA) is 72.7 Å². The normalized spacial score (nSPS) is 11.8. The van der Waals surface area contributed by atoms with Crippen LogP contribution in [0.15, 0.2) is 78.2 Å². The molecule has 4 rings (SSSR count). The third-order valence-electron chi connectivity index (χ3n) is 4.97. The number of amides is 1. The second-order valence-electron chi connectivity index (χ2n) is 7.32. The maximum Gasteiger partial charge on any atom is 0.242 e. The Morgan fingerprint density at radius 3 is 2.58 bits per heavy atom. The highest BCUT2D eigenvalue weighted by atomic mass is 32.2. The lowest BCUT2D eigenvalue weighted by Crippen LogP contribution is -2.20. The van der Waals surface area contributed by atoms with Gasteiger partial charge in [0.2, 0.25) is 5.91 Å². The van der Waals surface area contributed by atoms with E-state index in [2.05, 4.69) is 20.5 Å². The minimum atomic E-state index is -0.481. The fourth-order valence-corrected chi connectivity index (χ4v) is 4.24. The van der Waals surface area contributed by atoms with Gasteiger partial charge in [0.05, 0.1) is 0 Å². The zero-order valence-corrected chi connectivity index (χ0v) is 18.4. The van der Waals surface area contributed by atoms with Crippen LogP contribution >= 0.6 is 11.8 Å². The maximum atomic E-state index is 13.4. The molecule has 2 heterocycles. The van der Waals surface area contributed by atoms with Crippen molar-refractivity contribution < 1.29 is 4.79 Å². The lowest BCUT2D eigenvalue weighted by molar-refractivity contribution is -0.115. The average molecular weight is 430 g/mol. The van der Waals surface area contributed by atoms with Gasteiger partial charge in [0, 0.05) is 30.7 Å². The van der Waals surface area contributed by atoms with Gasteiger partial charge in [-0.3, -0.25) is 9.78 Å². The number of aryl methyl sites for hydroxylation is 2. The van der Waals surface area contributed by atoms with Gasteiger partial charge in [-0.05, 0) is 48.7 Å². The molecule has 1 N–H and O–H groups in total. The zero-order chi connectivity index (χ0) is 21.8. The number of pyridine rings is 1. The molecule has 4 aromatic rings. The molecule has 31 heavy (non-hydrogen) atoms. The first-order valence-electron chi connectivity index (χ1n) is 9.92. The summed E-state index contributed by atoms with van der Waals surface area (Å²) in [7, 11) is 1.90. The number of benzene rings is 2. The van der Waals surface area contributed by atoms with Crippen molar-refractivity contribution in [2.24, 2.45) is 7.05 Å². The van der Waals surface area contributed by atoms with Gasteiger partial charge in [-0.15, -0.1) is 10.2 Å². The fraction of sp³-hybridized carbons (Fsp3) is 0.167. The molecule has 0 saturated carbocycles. The minimum absolute atomic E-state index is 0.101. The molecule has 0 aliphatic rings. The number of hydrogen-bond acceptors (Lipinski definition) is 5. The number of carbonyl (C=O) groups is 1. The number of thioether (sulfide) groups is 1. The van der Waals surface area contributed by atoms with Gasteiger partial charge in [0.1, 0.15) is 5.25 Å².